The fraction of sp³-hybridized carbons (Fsp3) is 0.111. The first-order valence-corrected chi connectivity index (χ1v) is 7.67. The van der Waals surface area contributed by atoms with E-state index in [1.807, 2.05) is 0 Å². The number of aryl methyl sites for hydroxylation is 1. The second kappa shape index (κ2) is 7.38. The third-order valence-corrected chi connectivity index (χ3v) is 3.55. The number of anilines is 3. The number of rotatable bonds is 5. The number of nitrogens with one attached hydrogen (secondary N) is 2. The third-order valence-electron chi connectivity index (χ3n) is 3.55. The molecule has 26 heavy (non-hydrogen) atoms. The van der Waals surface area contributed by atoms with Crippen molar-refractivity contribution in [2.24, 2.45) is 0 Å². The number of benzene rings is 2. The molecule has 0 radical (unpaired) electrons. The lowest BCUT2D eigenvalue weighted by Crippen LogP contribution is -2.07. The van der Waals surface area contributed by atoms with Crippen LogP contribution in [0.1, 0.15) is 11.3 Å². The first kappa shape index (κ1) is 17.7. The molecule has 1 heterocycles. The second-order valence-electron chi connectivity index (χ2n) is 5.51. The first-order chi connectivity index (χ1) is 12.4. The Morgan fingerprint density at radius 2 is 1.65 bits per heavy atom. The van der Waals surface area contributed by atoms with Gasteiger partial charge in [0, 0.05) is 23.9 Å². The molecule has 0 amide bonds. The van der Waals surface area contributed by atoms with Gasteiger partial charge in [-0.1, -0.05) is 18.2 Å². The highest BCUT2D eigenvalue weighted by molar-refractivity contribution is 5.56. The molecule has 3 aromatic rings. The number of nitrogens with zero attached hydrogens (tertiary/aromatic N) is 2. The molecule has 1 aromatic heterocycles. The van der Waals surface area contributed by atoms with Gasteiger partial charge in [0.05, 0.1) is 5.69 Å². The fourth-order valence-electron chi connectivity index (χ4n) is 2.29. The van der Waals surface area contributed by atoms with Crippen molar-refractivity contribution in [3.63, 3.8) is 0 Å². The molecule has 0 atom stereocenters. The summed E-state index contributed by atoms with van der Waals surface area (Å²) < 4.78 is 53.8. The lowest BCUT2D eigenvalue weighted by atomic mass is 10.2. The van der Waals surface area contributed by atoms with E-state index in [1.54, 1.807) is 31.2 Å². The average molecular weight is 362 g/mol. The summed E-state index contributed by atoms with van der Waals surface area (Å²) in [5.41, 5.74) is 0.695. The van der Waals surface area contributed by atoms with Gasteiger partial charge in [0.15, 0.2) is 17.5 Å². The van der Waals surface area contributed by atoms with E-state index >= 15 is 0 Å². The van der Waals surface area contributed by atoms with Crippen LogP contribution in [-0.2, 0) is 6.54 Å². The lowest BCUT2D eigenvalue weighted by molar-refractivity contribution is 0.449. The predicted octanol–water partition coefficient (Wildman–Crippen LogP) is 4.70. The Morgan fingerprint density at radius 3 is 2.42 bits per heavy atom. The Balaban J connectivity index is 1.80. The Morgan fingerprint density at radius 1 is 0.885 bits per heavy atom. The molecule has 3 rings (SSSR count). The van der Waals surface area contributed by atoms with Crippen LogP contribution in [0.4, 0.5) is 35.0 Å². The van der Waals surface area contributed by atoms with Gasteiger partial charge in [-0.05, 0) is 25.1 Å². The number of hydrogen-bond donors (Lipinski definition) is 2. The normalized spacial score (nSPS) is 10.7. The van der Waals surface area contributed by atoms with Crippen molar-refractivity contribution in [2.45, 2.75) is 13.5 Å². The topological polar surface area (TPSA) is 49.8 Å². The monoisotopic (exact) mass is 362 g/mol. The number of halogens is 4. The highest BCUT2D eigenvalue weighted by atomic mass is 19.2. The first-order valence-electron chi connectivity index (χ1n) is 7.67. The molecule has 134 valence electrons. The zero-order valence-corrected chi connectivity index (χ0v) is 13.7. The quantitative estimate of drug-likeness (QED) is 0.510. The van der Waals surface area contributed by atoms with Crippen LogP contribution in [0.3, 0.4) is 0 Å². The van der Waals surface area contributed by atoms with Crippen LogP contribution in [0, 0.1) is 30.2 Å². The maximum Gasteiger partial charge on any atom is 0.229 e. The molecule has 0 aliphatic heterocycles. The molecule has 2 aromatic carbocycles. The van der Waals surface area contributed by atoms with E-state index in [0.717, 1.165) is 12.1 Å². The van der Waals surface area contributed by atoms with Crippen molar-refractivity contribution in [2.75, 3.05) is 10.6 Å². The molecule has 8 heteroatoms. The summed E-state index contributed by atoms with van der Waals surface area (Å²) in [4.78, 5) is 8.20. The van der Waals surface area contributed by atoms with E-state index in [2.05, 4.69) is 20.6 Å². The van der Waals surface area contributed by atoms with Gasteiger partial charge in [0.2, 0.25) is 5.95 Å². The van der Waals surface area contributed by atoms with Gasteiger partial charge in [-0.15, -0.1) is 0 Å². The highest BCUT2D eigenvalue weighted by Crippen LogP contribution is 2.23. The number of aromatic nitrogens is 2. The summed E-state index contributed by atoms with van der Waals surface area (Å²) in [6.45, 7) is 1.87. The third kappa shape index (κ3) is 3.90. The van der Waals surface area contributed by atoms with Crippen LogP contribution in [-0.4, -0.2) is 9.97 Å². The molecule has 0 aliphatic carbocycles. The molecule has 0 spiro atoms. The van der Waals surface area contributed by atoms with Crippen molar-refractivity contribution in [1.82, 2.24) is 9.97 Å². The number of hydrogen-bond acceptors (Lipinski definition) is 4. The summed E-state index contributed by atoms with van der Waals surface area (Å²) in [6, 6.07) is 9.75. The fourth-order valence-corrected chi connectivity index (χ4v) is 2.29. The minimum Gasteiger partial charge on any atom is -0.366 e. The summed E-state index contributed by atoms with van der Waals surface area (Å²) >= 11 is 0. The van der Waals surface area contributed by atoms with Crippen LogP contribution in [0.2, 0.25) is 0 Å². The minimum atomic E-state index is -1.58. The van der Waals surface area contributed by atoms with Gasteiger partial charge in [0.1, 0.15) is 11.6 Å². The van der Waals surface area contributed by atoms with E-state index in [0.29, 0.717) is 17.1 Å². The Bertz CT molecular complexity index is 946. The Kier molecular flexibility index (Phi) is 5.01. The molecule has 0 unspecified atom stereocenters. The van der Waals surface area contributed by atoms with E-state index in [4.69, 9.17) is 0 Å². The summed E-state index contributed by atoms with van der Waals surface area (Å²) in [5, 5.41) is 5.46. The highest BCUT2D eigenvalue weighted by Gasteiger charge is 2.14. The zero-order valence-electron chi connectivity index (χ0n) is 13.7. The summed E-state index contributed by atoms with van der Waals surface area (Å²) in [5.74, 6) is -4.23. The van der Waals surface area contributed by atoms with Crippen LogP contribution in [0.25, 0.3) is 0 Å². The van der Waals surface area contributed by atoms with Gasteiger partial charge in [-0.25, -0.2) is 22.5 Å². The van der Waals surface area contributed by atoms with Crippen molar-refractivity contribution >= 4 is 17.5 Å². The molecule has 4 nitrogen and oxygen atoms in total. The van der Waals surface area contributed by atoms with Gasteiger partial charge in [-0.2, -0.15) is 4.98 Å². The molecular weight excluding hydrogens is 348 g/mol. The molecule has 0 saturated heterocycles. The van der Waals surface area contributed by atoms with E-state index < -0.39 is 17.5 Å². The van der Waals surface area contributed by atoms with Crippen LogP contribution in [0.5, 0.6) is 0 Å². The molecule has 0 aliphatic rings. The smallest absolute Gasteiger partial charge is 0.229 e. The average Bonchev–Trinajstić information content (AvgIpc) is 2.61. The van der Waals surface area contributed by atoms with Crippen molar-refractivity contribution in [3.8, 4) is 0 Å². The van der Waals surface area contributed by atoms with E-state index in [9.17, 15) is 17.6 Å². The Labute approximate surface area is 146 Å². The molecule has 2 N–H and O–H groups in total. The van der Waals surface area contributed by atoms with Gasteiger partial charge >= 0.3 is 0 Å². The van der Waals surface area contributed by atoms with E-state index in [-0.39, 0.29) is 24.0 Å². The van der Waals surface area contributed by atoms with Crippen LogP contribution in [0.15, 0.2) is 42.5 Å². The minimum absolute atomic E-state index is 0.00839. The van der Waals surface area contributed by atoms with Crippen molar-refractivity contribution in [1.29, 1.82) is 0 Å². The second-order valence-corrected chi connectivity index (χ2v) is 5.51. The van der Waals surface area contributed by atoms with Gasteiger partial charge < -0.3 is 10.6 Å². The standard InChI is InChI=1S/C18H14F4N4/c1-10-8-15(23-9-11-4-2-3-5-12(11)19)26-18(24-10)25-14-7-6-13(20)16(21)17(14)22/h2-8H,9H2,1H3,(H2,23,24,25,26). The Hall–Kier alpha value is -3.16. The van der Waals surface area contributed by atoms with Crippen molar-refractivity contribution in [3.05, 3.63) is 77.0 Å². The van der Waals surface area contributed by atoms with Crippen LogP contribution >= 0.6 is 0 Å². The molecular formula is C18H14F4N4. The largest absolute Gasteiger partial charge is 0.366 e. The van der Waals surface area contributed by atoms with Crippen molar-refractivity contribution < 1.29 is 17.6 Å². The maximum atomic E-state index is 13.8. The molecule has 0 saturated carbocycles. The van der Waals surface area contributed by atoms with Gasteiger partial charge in [-0.3, -0.25) is 0 Å². The lowest BCUT2D eigenvalue weighted by Gasteiger charge is -2.11. The summed E-state index contributed by atoms with van der Waals surface area (Å²) in [6.07, 6.45) is 0. The van der Waals surface area contributed by atoms with E-state index in [1.165, 1.54) is 6.07 Å². The SMILES string of the molecule is Cc1cc(NCc2ccccc2F)nc(Nc2ccc(F)c(F)c2F)n1. The van der Waals surface area contributed by atoms with Gasteiger partial charge in [0.25, 0.3) is 0 Å². The maximum absolute atomic E-state index is 13.8. The predicted molar refractivity (Wildman–Crippen MR) is 90.1 cm³/mol. The molecule has 0 bridgehead atoms. The zero-order chi connectivity index (χ0) is 18.7. The van der Waals surface area contributed by atoms with Crippen LogP contribution < -0.4 is 10.6 Å². The summed E-state index contributed by atoms with van der Waals surface area (Å²) in [7, 11) is 0. The molecule has 0 fully saturated rings.